The molecule has 1 atom stereocenters. The molecule has 3 rings (SSSR count). The third-order valence-corrected chi connectivity index (χ3v) is 4.53. The number of carbonyl (C=O) groups is 1. The molecule has 0 unspecified atom stereocenters. The maximum Gasteiger partial charge on any atom is 0.410 e. The van der Waals surface area contributed by atoms with Gasteiger partial charge in [0, 0.05) is 33.5 Å². The Morgan fingerprint density at radius 3 is 2.96 bits per heavy atom. The van der Waals surface area contributed by atoms with Gasteiger partial charge in [0.2, 0.25) is 5.89 Å². The Morgan fingerprint density at radius 2 is 2.22 bits per heavy atom. The van der Waals surface area contributed by atoms with Crippen molar-refractivity contribution in [3.63, 3.8) is 0 Å². The molecule has 1 amide bonds. The molecule has 1 spiro atoms. The van der Waals surface area contributed by atoms with Crippen LogP contribution in [-0.4, -0.2) is 72.0 Å². The van der Waals surface area contributed by atoms with E-state index in [2.05, 4.69) is 15.0 Å². The first-order valence-electron chi connectivity index (χ1n) is 8.07. The highest BCUT2D eigenvalue weighted by molar-refractivity contribution is 5.70. The Balaban J connectivity index is 1.54. The number of rotatable bonds is 5. The molecule has 1 aromatic heterocycles. The summed E-state index contributed by atoms with van der Waals surface area (Å²) in [5.41, 5.74) is -0.320. The van der Waals surface area contributed by atoms with Crippen LogP contribution in [0.3, 0.4) is 0 Å². The third kappa shape index (κ3) is 3.81. The lowest BCUT2D eigenvalue weighted by Crippen LogP contribution is -2.35. The second kappa shape index (κ2) is 6.84. The third-order valence-electron chi connectivity index (χ3n) is 4.53. The zero-order chi connectivity index (χ0) is 16.3. The van der Waals surface area contributed by atoms with Gasteiger partial charge >= 0.3 is 6.09 Å². The summed E-state index contributed by atoms with van der Waals surface area (Å²) < 4.78 is 15.9. The quantitative estimate of drug-likeness (QED) is 0.801. The van der Waals surface area contributed by atoms with Crippen LogP contribution in [-0.2, 0) is 22.4 Å². The lowest BCUT2D eigenvalue weighted by atomic mass is 9.95. The molecule has 0 radical (unpaired) electrons. The maximum absolute atomic E-state index is 11.7. The van der Waals surface area contributed by atoms with Gasteiger partial charge in [-0.2, -0.15) is 4.98 Å². The second-order valence-electron chi connectivity index (χ2n) is 6.38. The number of carbonyl (C=O) groups excluding carboxylic acids is 1. The Kier molecular flexibility index (Phi) is 4.82. The van der Waals surface area contributed by atoms with Gasteiger partial charge in [-0.25, -0.2) is 4.79 Å². The predicted octanol–water partition coefficient (Wildman–Crippen LogP) is 1.07. The van der Waals surface area contributed by atoms with Crippen molar-refractivity contribution in [3.8, 4) is 0 Å². The number of nitrogens with zero attached hydrogens (tertiary/aromatic N) is 4. The summed E-state index contributed by atoms with van der Waals surface area (Å²) in [6.07, 6.45) is 3.19. The summed E-state index contributed by atoms with van der Waals surface area (Å²) in [6.45, 7) is 3.71. The number of amides is 1. The van der Waals surface area contributed by atoms with Gasteiger partial charge in [0.1, 0.15) is 5.60 Å². The van der Waals surface area contributed by atoms with Crippen molar-refractivity contribution >= 4 is 6.09 Å². The van der Waals surface area contributed by atoms with Gasteiger partial charge in [0.15, 0.2) is 5.82 Å². The highest BCUT2D eigenvalue weighted by Gasteiger charge is 2.44. The monoisotopic (exact) mass is 324 g/mol. The first-order chi connectivity index (χ1) is 11.1. The van der Waals surface area contributed by atoms with E-state index in [9.17, 15) is 4.79 Å². The SMILES string of the molecule is COCCc1noc(CN2CCC[C@]3(CC2)CN(C)C(=O)O3)n1. The Morgan fingerprint density at radius 1 is 1.35 bits per heavy atom. The van der Waals surface area contributed by atoms with Crippen LogP contribution < -0.4 is 0 Å². The zero-order valence-corrected chi connectivity index (χ0v) is 13.8. The summed E-state index contributed by atoms with van der Waals surface area (Å²) >= 11 is 0. The molecule has 23 heavy (non-hydrogen) atoms. The molecule has 0 aromatic carbocycles. The molecule has 2 aliphatic rings. The molecule has 0 aliphatic carbocycles. The summed E-state index contributed by atoms with van der Waals surface area (Å²) in [5, 5.41) is 3.96. The highest BCUT2D eigenvalue weighted by Crippen LogP contribution is 2.32. The topological polar surface area (TPSA) is 80.9 Å². The fourth-order valence-corrected chi connectivity index (χ4v) is 3.27. The van der Waals surface area contributed by atoms with Crippen LogP contribution in [0.15, 0.2) is 4.52 Å². The van der Waals surface area contributed by atoms with Crippen molar-refractivity contribution in [2.75, 3.05) is 40.4 Å². The maximum atomic E-state index is 11.7. The van der Waals surface area contributed by atoms with E-state index in [-0.39, 0.29) is 11.7 Å². The van der Waals surface area contributed by atoms with Gasteiger partial charge in [0.25, 0.3) is 0 Å². The predicted molar refractivity (Wildman–Crippen MR) is 80.8 cm³/mol. The van der Waals surface area contributed by atoms with E-state index in [1.165, 1.54) is 0 Å². The van der Waals surface area contributed by atoms with Crippen LogP contribution in [0.5, 0.6) is 0 Å². The van der Waals surface area contributed by atoms with Gasteiger partial charge in [-0.05, 0) is 19.4 Å². The van der Waals surface area contributed by atoms with E-state index in [1.807, 2.05) is 0 Å². The van der Waals surface area contributed by atoms with E-state index in [4.69, 9.17) is 14.0 Å². The van der Waals surface area contributed by atoms with Crippen LogP contribution >= 0.6 is 0 Å². The second-order valence-corrected chi connectivity index (χ2v) is 6.38. The molecule has 3 heterocycles. The number of hydrogen-bond acceptors (Lipinski definition) is 7. The summed E-state index contributed by atoms with van der Waals surface area (Å²) in [7, 11) is 3.45. The number of ether oxygens (including phenoxy) is 2. The molecule has 0 bridgehead atoms. The van der Waals surface area contributed by atoms with Crippen molar-refractivity contribution in [1.82, 2.24) is 19.9 Å². The molecule has 0 N–H and O–H groups in total. The number of methoxy groups -OCH3 is 1. The first-order valence-corrected chi connectivity index (χ1v) is 8.07. The minimum absolute atomic E-state index is 0.210. The van der Waals surface area contributed by atoms with Crippen LogP contribution in [0.2, 0.25) is 0 Å². The summed E-state index contributed by atoms with van der Waals surface area (Å²) in [4.78, 5) is 20.0. The van der Waals surface area contributed by atoms with Gasteiger partial charge < -0.3 is 18.9 Å². The summed E-state index contributed by atoms with van der Waals surface area (Å²) in [5.74, 6) is 1.31. The van der Waals surface area contributed by atoms with Crippen molar-refractivity contribution in [2.24, 2.45) is 0 Å². The molecular formula is C15H24N4O4. The van der Waals surface area contributed by atoms with Gasteiger partial charge in [-0.15, -0.1) is 0 Å². The number of likely N-dealkylation sites (N-methyl/N-ethyl adjacent to an activating group) is 1. The molecule has 8 heteroatoms. The molecular weight excluding hydrogens is 300 g/mol. The smallest absolute Gasteiger partial charge is 0.410 e. The van der Waals surface area contributed by atoms with Gasteiger partial charge in [-0.1, -0.05) is 5.16 Å². The average molecular weight is 324 g/mol. The molecule has 128 valence electrons. The van der Waals surface area contributed by atoms with E-state index in [1.54, 1.807) is 19.1 Å². The zero-order valence-electron chi connectivity index (χ0n) is 13.8. The largest absolute Gasteiger partial charge is 0.441 e. The Bertz CT molecular complexity index is 549. The molecule has 2 fully saturated rings. The van der Waals surface area contributed by atoms with Crippen LogP contribution in [0.4, 0.5) is 4.79 Å². The first kappa shape index (κ1) is 16.2. The van der Waals surface area contributed by atoms with Gasteiger partial charge in [0.05, 0.1) is 19.7 Å². The highest BCUT2D eigenvalue weighted by atomic mass is 16.6. The van der Waals surface area contributed by atoms with Crippen molar-refractivity contribution in [2.45, 2.75) is 37.8 Å². The van der Waals surface area contributed by atoms with Crippen molar-refractivity contribution in [1.29, 1.82) is 0 Å². The normalized spacial score (nSPS) is 25.8. The lowest BCUT2D eigenvalue weighted by molar-refractivity contribution is 0.0440. The van der Waals surface area contributed by atoms with Gasteiger partial charge in [-0.3, -0.25) is 4.90 Å². The minimum Gasteiger partial charge on any atom is -0.441 e. The van der Waals surface area contributed by atoms with E-state index >= 15 is 0 Å². The van der Waals surface area contributed by atoms with E-state index in [0.29, 0.717) is 37.8 Å². The fraction of sp³-hybridized carbons (Fsp3) is 0.800. The van der Waals surface area contributed by atoms with E-state index < -0.39 is 0 Å². The summed E-state index contributed by atoms with van der Waals surface area (Å²) in [6, 6.07) is 0. The number of likely N-dealkylation sites (tertiary alicyclic amines) is 1. The van der Waals surface area contributed by atoms with Crippen LogP contribution in [0, 0.1) is 0 Å². The molecule has 2 saturated heterocycles. The standard InChI is InChI=1S/C15H24N4O4/c1-18-11-15(22-14(18)20)5-3-7-19(8-6-15)10-13-16-12(17-23-13)4-9-21-2/h3-11H2,1-2H3/t15-/m0/s1. The molecule has 2 aliphatic heterocycles. The van der Waals surface area contributed by atoms with Crippen LogP contribution in [0.25, 0.3) is 0 Å². The van der Waals surface area contributed by atoms with Crippen LogP contribution in [0.1, 0.15) is 31.0 Å². The average Bonchev–Trinajstić information content (AvgIpc) is 3.01. The minimum atomic E-state index is -0.320. The number of hydrogen-bond donors (Lipinski definition) is 0. The molecule has 0 saturated carbocycles. The Hall–Kier alpha value is -1.67. The fourth-order valence-electron chi connectivity index (χ4n) is 3.27. The van der Waals surface area contributed by atoms with E-state index in [0.717, 1.165) is 32.4 Å². The molecule has 8 nitrogen and oxygen atoms in total. The number of aromatic nitrogens is 2. The lowest BCUT2D eigenvalue weighted by Gasteiger charge is -2.25. The van der Waals surface area contributed by atoms with Crippen molar-refractivity contribution < 1.29 is 18.8 Å². The Labute approximate surface area is 135 Å². The molecule has 1 aromatic rings. The van der Waals surface area contributed by atoms with Crippen molar-refractivity contribution in [3.05, 3.63) is 11.7 Å².